The average molecular weight is 522 g/mol. The summed E-state index contributed by atoms with van der Waals surface area (Å²) in [6.45, 7) is 8.37. The number of nitrogens with one attached hydrogen (secondary N) is 1. The van der Waals surface area contributed by atoms with E-state index in [1.165, 1.54) is 0 Å². The number of methoxy groups -OCH3 is 1. The number of fused-ring (bicyclic) bond motifs is 5. The van der Waals surface area contributed by atoms with Crippen LogP contribution in [0.15, 0.2) is 48.1 Å². The second-order valence-corrected chi connectivity index (χ2v) is 11.8. The lowest BCUT2D eigenvalue weighted by Gasteiger charge is -2.59. The molecule has 7 nitrogen and oxygen atoms in total. The van der Waals surface area contributed by atoms with E-state index in [-0.39, 0.29) is 34.7 Å². The molecule has 0 radical (unpaired) electrons. The minimum absolute atomic E-state index is 0.00892. The zero-order valence-corrected chi connectivity index (χ0v) is 23.0. The summed E-state index contributed by atoms with van der Waals surface area (Å²) in [6, 6.07) is 7.15. The Kier molecular flexibility index (Phi) is 6.79. The molecular formula is C31H39NO6. The third kappa shape index (κ3) is 4.01. The number of allylic oxidation sites excluding steroid dienone is 4. The number of Topliss-reactive ketones (excluding diaryl/α,β-unsaturated/α-hetero) is 1. The minimum atomic E-state index is -0.907. The van der Waals surface area contributed by atoms with E-state index in [1.54, 1.807) is 32.2 Å². The van der Waals surface area contributed by atoms with Gasteiger partial charge in [-0.1, -0.05) is 32.1 Å². The molecular weight excluding hydrogens is 482 g/mol. The highest BCUT2D eigenvalue weighted by molar-refractivity contribution is 5.92. The standard InChI is InChI=1S/C31H39NO6/c1-6-37-31(19(2)33)15-13-25-24-11-10-20-16-22(34)12-14-29(20,3)27(24)26(18-30(25,31)4)38-28(35)32-21-8-7-9-23(17-21)36-5/h7-11,16-17,24-27H,6,12-15,18H2,1-5H3,(H,32,35)/t24-,25-,26-,27-,29+,30-,31-/m0/s1. The predicted molar refractivity (Wildman–Crippen MR) is 144 cm³/mol. The number of amides is 1. The second-order valence-electron chi connectivity index (χ2n) is 11.8. The number of carbonyl (C=O) groups is 3. The molecule has 4 aliphatic carbocycles. The fraction of sp³-hybridized carbons (Fsp3) is 0.581. The molecule has 2 saturated carbocycles. The molecule has 0 aliphatic heterocycles. The number of ketones is 2. The maximum Gasteiger partial charge on any atom is 0.411 e. The maximum absolute atomic E-state index is 13.3. The second kappa shape index (κ2) is 9.67. The van der Waals surface area contributed by atoms with Crippen molar-refractivity contribution in [3.8, 4) is 5.75 Å². The number of hydrogen-bond acceptors (Lipinski definition) is 6. The van der Waals surface area contributed by atoms with E-state index in [4.69, 9.17) is 14.2 Å². The molecule has 0 bridgehead atoms. The van der Waals surface area contributed by atoms with Gasteiger partial charge in [-0.05, 0) is 80.6 Å². The van der Waals surface area contributed by atoms with Gasteiger partial charge in [-0.15, -0.1) is 0 Å². The van der Waals surface area contributed by atoms with Gasteiger partial charge in [-0.25, -0.2) is 4.79 Å². The van der Waals surface area contributed by atoms with Crippen molar-refractivity contribution in [3.63, 3.8) is 0 Å². The molecule has 0 aromatic heterocycles. The van der Waals surface area contributed by atoms with Crippen molar-refractivity contribution in [2.75, 3.05) is 19.0 Å². The van der Waals surface area contributed by atoms with Crippen LogP contribution in [0.5, 0.6) is 5.75 Å². The van der Waals surface area contributed by atoms with Crippen molar-refractivity contribution in [2.24, 2.45) is 28.6 Å². The Hall–Kier alpha value is -2.93. The van der Waals surface area contributed by atoms with Gasteiger partial charge in [0, 0.05) is 36.1 Å². The first-order valence-electron chi connectivity index (χ1n) is 13.8. The van der Waals surface area contributed by atoms with E-state index in [0.29, 0.717) is 43.7 Å². The van der Waals surface area contributed by atoms with Gasteiger partial charge in [-0.3, -0.25) is 14.9 Å². The lowest BCUT2D eigenvalue weighted by atomic mass is 9.47. The van der Waals surface area contributed by atoms with Crippen molar-refractivity contribution in [3.05, 3.63) is 48.1 Å². The molecule has 1 amide bonds. The van der Waals surface area contributed by atoms with Crippen molar-refractivity contribution in [1.82, 2.24) is 0 Å². The molecule has 1 N–H and O–H groups in total. The molecule has 5 rings (SSSR count). The predicted octanol–water partition coefficient (Wildman–Crippen LogP) is 5.89. The van der Waals surface area contributed by atoms with Crippen molar-refractivity contribution >= 4 is 23.3 Å². The summed E-state index contributed by atoms with van der Waals surface area (Å²) in [5, 5.41) is 2.87. The summed E-state index contributed by atoms with van der Waals surface area (Å²) in [6.07, 6.45) is 8.33. The quantitative estimate of drug-likeness (QED) is 0.502. The highest BCUT2D eigenvalue weighted by Crippen LogP contribution is 2.67. The number of anilines is 1. The van der Waals surface area contributed by atoms with E-state index in [2.05, 4.69) is 31.3 Å². The van der Waals surface area contributed by atoms with Gasteiger partial charge in [0.25, 0.3) is 0 Å². The molecule has 38 heavy (non-hydrogen) atoms. The Bertz CT molecular complexity index is 1200. The average Bonchev–Trinajstić information content (AvgIpc) is 3.17. The van der Waals surface area contributed by atoms with Crippen LogP contribution in [0, 0.1) is 28.6 Å². The topological polar surface area (TPSA) is 90.9 Å². The van der Waals surface area contributed by atoms with Crippen molar-refractivity contribution in [1.29, 1.82) is 0 Å². The van der Waals surface area contributed by atoms with Gasteiger partial charge in [-0.2, -0.15) is 0 Å². The third-order valence-electron chi connectivity index (χ3n) is 10.1. The highest BCUT2D eigenvalue weighted by atomic mass is 16.6. The van der Waals surface area contributed by atoms with Crippen LogP contribution in [0.25, 0.3) is 0 Å². The minimum Gasteiger partial charge on any atom is -0.497 e. The number of benzene rings is 1. The fourth-order valence-electron chi connectivity index (χ4n) is 8.34. The smallest absolute Gasteiger partial charge is 0.411 e. The van der Waals surface area contributed by atoms with Crippen LogP contribution in [0.2, 0.25) is 0 Å². The Balaban J connectivity index is 1.54. The number of hydrogen-bond donors (Lipinski definition) is 1. The van der Waals surface area contributed by atoms with Crippen LogP contribution in [0.3, 0.4) is 0 Å². The molecule has 0 unspecified atom stereocenters. The summed E-state index contributed by atoms with van der Waals surface area (Å²) in [4.78, 5) is 38.9. The van der Waals surface area contributed by atoms with E-state index in [1.807, 2.05) is 19.1 Å². The molecule has 7 atom stereocenters. The SMILES string of the molecule is CCO[C@]1(C(C)=O)CC[C@H]2[C@@H]3C=CC4=CC(=O)CC[C@@]4(C)[C@@H]3[C@@H](OC(=O)Nc3cccc(OC)c3)C[C@@]21C. The van der Waals surface area contributed by atoms with Crippen LogP contribution in [0.1, 0.15) is 59.8 Å². The summed E-state index contributed by atoms with van der Waals surface area (Å²) in [7, 11) is 1.58. The van der Waals surface area contributed by atoms with Crippen LogP contribution in [0.4, 0.5) is 10.5 Å². The van der Waals surface area contributed by atoms with Gasteiger partial charge in [0.2, 0.25) is 0 Å². The first-order valence-corrected chi connectivity index (χ1v) is 13.8. The van der Waals surface area contributed by atoms with E-state index < -0.39 is 23.2 Å². The Morgan fingerprint density at radius 1 is 1.18 bits per heavy atom. The van der Waals surface area contributed by atoms with Gasteiger partial charge in [0.1, 0.15) is 17.5 Å². The fourth-order valence-corrected chi connectivity index (χ4v) is 8.34. The zero-order chi connectivity index (χ0) is 27.3. The third-order valence-corrected chi connectivity index (χ3v) is 10.1. The Morgan fingerprint density at radius 3 is 2.68 bits per heavy atom. The lowest BCUT2D eigenvalue weighted by molar-refractivity contribution is -0.184. The molecule has 4 aliphatic rings. The van der Waals surface area contributed by atoms with Crippen LogP contribution < -0.4 is 10.1 Å². The van der Waals surface area contributed by atoms with Gasteiger partial charge >= 0.3 is 6.09 Å². The molecule has 0 heterocycles. The molecule has 1 aromatic rings. The summed E-state index contributed by atoms with van der Waals surface area (Å²) >= 11 is 0. The lowest BCUT2D eigenvalue weighted by Crippen LogP contribution is -2.62. The van der Waals surface area contributed by atoms with Crippen molar-refractivity contribution in [2.45, 2.75) is 71.5 Å². The van der Waals surface area contributed by atoms with Crippen molar-refractivity contribution < 1.29 is 28.6 Å². The molecule has 0 spiro atoms. The van der Waals surface area contributed by atoms with Crippen LogP contribution in [-0.4, -0.2) is 43.1 Å². The highest BCUT2D eigenvalue weighted by Gasteiger charge is 2.69. The van der Waals surface area contributed by atoms with Gasteiger partial charge < -0.3 is 14.2 Å². The number of carbonyl (C=O) groups excluding carboxylic acids is 3. The summed E-state index contributed by atoms with van der Waals surface area (Å²) in [5.74, 6) is 1.11. The first-order chi connectivity index (χ1) is 18.1. The molecule has 1 aromatic carbocycles. The molecule has 2 fully saturated rings. The Labute approximate surface area is 225 Å². The van der Waals surface area contributed by atoms with Crippen LogP contribution in [-0.2, 0) is 19.1 Å². The molecule has 0 saturated heterocycles. The van der Waals surface area contributed by atoms with Gasteiger partial charge in [0.15, 0.2) is 11.6 Å². The monoisotopic (exact) mass is 521 g/mol. The zero-order valence-electron chi connectivity index (χ0n) is 23.0. The van der Waals surface area contributed by atoms with E-state index in [0.717, 1.165) is 12.0 Å². The van der Waals surface area contributed by atoms with E-state index in [9.17, 15) is 14.4 Å². The van der Waals surface area contributed by atoms with E-state index >= 15 is 0 Å². The largest absolute Gasteiger partial charge is 0.497 e. The summed E-state index contributed by atoms with van der Waals surface area (Å²) < 4.78 is 17.9. The normalized spacial score (nSPS) is 37.4. The van der Waals surface area contributed by atoms with Gasteiger partial charge in [0.05, 0.1) is 7.11 Å². The number of ether oxygens (including phenoxy) is 3. The van der Waals surface area contributed by atoms with Crippen LogP contribution >= 0.6 is 0 Å². The number of rotatable bonds is 6. The summed E-state index contributed by atoms with van der Waals surface area (Å²) in [5.41, 5.74) is -0.111. The Morgan fingerprint density at radius 2 is 1.97 bits per heavy atom. The first kappa shape index (κ1) is 26.7. The molecule has 204 valence electrons. The molecule has 7 heteroatoms. The maximum atomic E-state index is 13.3.